The number of rotatable bonds is 7. The number of hydrogen-bond acceptors (Lipinski definition) is 6. The summed E-state index contributed by atoms with van der Waals surface area (Å²) in [5.74, 6) is -0.173. The van der Waals surface area contributed by atoms with Crippen molar-refractivity contribution in [3.05, 3.63) is 65.5 Å². The maximum atomic E-state index is 13.3. The van der Waals surface area contributed by atoms with Gasteiger partial charge >= 0.3 is 6.18 Å². The summed E-state index contributed by atoms with van der Waals surface area (Å²) in [6.07, 6.45) is -1.55. The summed E-state index contributed by atoms with van der Waals surface area (Å²) < 4.78 is 46.7. The lowest BCUT2D eigenvalue weighted by Crippen LogP contribution is -2.45. The van der Waals surface area contributed by atoms with Crippen molar-refractivity contribution >= 4 is 0 Å². The van der Waals surface area contributed by atoms with Gasteiger partial charge in [0.1, 0.15) is 5.75 Å². The predicted molar refractivity (Wildman–Crippen MR) is 115 cm³/mol. The van der Waals surface area contributed by atoms with E-state index in [2.05, 4.69) is 38.3 Å². The second kappa shape index (κ2) is 9.11. The van der Waals surface area contributed by atoms with Gasteiger partial charge in [0.25, 0.3) is 5.82 Å². The number of benzene rings is 2. The van der Waals surface area contributed by atoms with E-state index in [1.165, 1.54) is 5.56 Å². The molecular formula is C23H25F3N6O. The number of hydrogen-bond donors (Lipinski definition) is 2. The van der Waals surface area contributed by atoms with E-state index in [9.17, 15) is 13.2 Å². The zero-order chi connectivity index (χ0) is 22.8. The molecule has 5 rings (SSSR count). The van der Waals surface area contributed by atoms with Gasteiger partial charge in [-0.05, 0) is 60.0 Å². The van der Waals surface area contributed by atoms with Crippen LogP contribution in [-0.2, 0) is 12.7 Å². The van der Waals surface area contributed by atoms with Crippen LogP contribution in [0.3, 0.4) is 0 Å². The number of alkyl halides is 3. The van der Waals surface area contributed by atoms with E-state index in [0.717, 1.165) is 42.6 Å². The predicted octanol–water partition coefficient (Wildman–Crippen LogP) is 3.46. The van der Waals surface area contributed by atoms with E-state index in [1.807, 2.05) is 18.2 Å². The second-order valence-electron chi connectivity index (χ2n) is 8.52. The van der Waals surface area contributed by atoms with Crippen molar-refractivity contribution in [3.63, 3.8) is 0 Å². The minimum Gasteiger partial charge on any atom is -0.490 e. The summed E-state index contributed by atoms with van der Waals surface area (Å²) in [4.78, 5) is 0. The van der Waals surface area contributed by atoms with Crippen LogP contribution in [0.1, 0.15) is 42.1 Å². The minimum absolute atomic E-state index is 0.171. The first-order valence-corrected chi connectivity index (χ1v) is 11.1. The van der Waals surface area contributed by atoms with Crippen LogP contribution < -0.4 is 15.4 Å². The van der Waals surface area contributed by atoms with E-state index in [1.54, 1.807) is 18.2 Å². The van der Waals surface area contributed by atoms with E-state index in [4.69, 9.17) is 4.74 Å². The Bertz CT molecular complexity index is 1080. The molecule has 174 valence electrons. The Hall–Kier alpha value is -2.98. The number of aromatic nitrogens is 4. The molecule has 10 heteroatoms. The number of halogens is 3. The van der Waals surface area contributed by atoms with Crippen LogP contribution in [0, 0.1) is 0 Å². The van der Waals surface area contributed by atoms with Gasteiger partial charge in [0.2, 0.25) is 0 Å². The summed E-state index contributed by atoms with van der Waals surface area (Å²) in [5.41, 5.74) is 2.29. The normalized spacial score (nSPS) is 21.2. The van der Waals surface area contributed by atoms with Gasteiger partial charge in [-0.25, -0.2) is 0 Å². The lowest BCUT2D eigenvalue weighted by molar-refractivity contribution is -0.146. The van der Waals surface area contributed by atoms with Crippen molar-refractivity contribution in [3.8, 4) is 11.4 Å². The lowest BCUT2D eigenvalue weighted by Gasteiger charge is -2.33. The third-order valence-corrected chi connectivity index (χ3v) is 6.09. The zero-order valence-electron chi connectivity index (χ0n) is 17.9. The highest BCUT2D eigenvalue weighted by Gasteiger charge is 2.38. The van der Waals surface area contributed by atoms with Crippen molar-refractivity contribution in [1.29, 1.82) is 0 Å². The zero-order valence-corrected chi connectivity index (χ0v) is 17.9. The number of piperidine rings is 1. The van der Waals surface area contributed by atoms with E-state index in [0.29, 0.717) is 18.2 Å². The summed E-state index contributed by atoms with van der Waals surface area (Å²) >= 11 is 0. The van der Waals surface area contributed by atoms with Crippen molar-refractivity contribution < 1.29 is 17.9 Å². The van der Waals surface area contributed by atoms with Gasteiger partial charge in [-0.15, -0.1) is 5.10 Å². The van der Waals surface area contributed by atoms with Gasteiger partial charge in [0.05, 0.1) is 11.8 Å². The van der Waals surface area contributed by atoms with Crippen LogP contribution in [0.4, 0.5) is 13.2 Å². The Morgan fingerprint density at radius 3 is 2.67 bits per heavy atom. The fourth-order valence-electron chi connectivity index (χ4n) is 4.25. The number of nitrogens with zero attached hydrogens (tertiary/aromatic N) is 4. The number of nitrogens with one attached hydrogen (secondary N) is 2. The highest BCUT2D eigenvalue weighted by atomic mass is 19.4. The monoisotopic (exact) mass is 458 g/mol. The Labute approximate surface area is 189 Å². The van der Waals surface area contributed by atoms with Gasteiger partial charge in [-0.3, -0.25) is 0 Å². The quantitative estimate of drug-likeness (QED) is 0.565. The Kier molecular flexibility index (Phi) is 6.03. The van der Waals surface area contributed by atoms with Crippen LogP contribution in [0.25, 0.3) is 5.69 Å². The van der Waals surface area contributed by atoms with Crippen LogP contribution >= 0.6 is 0 Å². The summed E-state index contributed by atoms with van der Waals surface area (Å²) in [7, 11) is 0. The molecule has 3 aromatic rings. The minimum atomic E-state index is -4.65. The molecule has 0 bridgehead atoms. The van der Waals surface area contributed by atoms with Crippen molar-refractivity contribution in [2.24, 2.45) is 0 Å². The van der Waals surface area contributed by atoms with E-state index >= 15 is 0 Å². The van der Waals surface area contributed by atoms with Gasteiger partial charge in [0, 0.05) is 30.6 Å². The Morgan fingerprint density at radius 1 is 1.09 bits per heavy atom. The molecule has 1 saturated heterocycles. The molecule has 2 fully saturated rings. The maximum Gasteiger partial charge on any atom is 0.453 e. The summed E-state index contributed by atoms with van der Waals surface area (Å²) in [6, 6.07) is 15.5. The number of tetrazole rings is 1. The highest BCUT2D eigenvalue weighted by Crippen LogP contribution is 2.33. The van der Waals surface area contributed by atoms with E-state index < -0.39 is 12.0 Å². The Morgan fingerprint density at radius 2 is 1.91 bits per heavy atom. The van der Waals surface area contributed by atoms with Crippen molar-refractivity contribution in [1.82, 2.24) is 30.8 Å². The molecule has 2 unspecified atom stereocenters. The van der Waals surface area contributed by atoms with Gasteiger partial charge in [-0.1, -0.05) is 30.3 Å². The molecule has 2 heterocycles. The molecule has 1 saturated carbocycles. The topological polar surface area (TPSA) is 76.9 Å². The third-order valence-electron chi connectivity index (χ3n) is 6.09. The molecule has 33 heavy (non-hydrogen) atoms. The largest absolute Gasteiger partial charge is 0.490 e. The molecule has 2 aromatic carbocycles. The van der Waals surface area contributed by atoms with Gasteiger partial charge in [-0.2, -0.15) is 17.9 Å². The molecule has 1 aromatic heterocycles. The van der Waals surface area contributed by atoms with Crippen LogP contribution in [-0.4, -0.2) is 45.4 Å². The van der Waals surface area contributed by atoms with Crippen LogP contribution in [0.2, 0.25) is 0 Å². The molecule has 2 N–H and O–H groups in total. The molecule has 0 spiro atoms. The fourth-order valence-corrected chi connectivity index (χ4v) is 4.25. The lowest BCUT2D eigenvalue weighted by atomic mass is 9.87. The molecular weight excluding hydrogens is 433 g/mol. The second-order valence-corrected chi connectivity index (χ2v) is 8.52. The third kappa shape index (κ3) is 5.01. The SMILES string of the molecule is FC(F)(F)c1nnnn1-c1ccc(OC2CC2)c(CNC2CCNCC2c2ccccc2)c1. The molecule has 0 amide bonds. The van der Waals surface area contributed by atoms with Crippen LogP contribution in [0.5, 0.6) is 5.75 Å². The molecule has 7 nitrogen and oxygen atoms in total. The van der Waals surface area contributed by atoms with Crippen LogP contribution in [0.15, 0.2) is 48.5 Å². The molecule has 0 radical (unpaired) electrons. The smallest absolute Gasteiger partial charge is 0.453 e. The average Bonchev–Trinajstić information content (AvgIpc) is 3.49. The molecule has 2 atom stereocenters. The van der Waals surface area contributed by atoms with Crippen molar-refractivity contribution in [2.45, 2.75) is 50.0 Å². The molecule has 2 aliphatic rings. The fraction of sp³-hybridized carbons (Fsp3) is 0.435. The Balaban J connectivity index is 1.40. The molecule has 1 aliphatic carbocycles. The average molecular weight is 458 g/mol. The van der Waals surface area contributed by atoms with E-state index in [-0.39, 0.29) is 17.8 Å². The van der Waals surface area contributed by atoms with Crippen molar-refractivity contribution in [2.75, 3.05) is 13.1 Å². The van der Waals surface area contributed by atoms with Gasteiger partial charge < -0.3 is 15.4 Å². The maximum absolute atomic E-state index is 13.3. The standard InChI is InChI=1S/C23H25F3N6O/c24-23(25,26)22-29-30-31-32(22)17-6-9-21(33-18-7-8-18)16(12-17)13-28-20-10-11-27-14-19(20)15-4-2-1-3-5-15/h1-6,9,12,18-20,27-28H,7-8,10-11,13-14H2. The first kappa shape index (κ1) is 21.8. The molecule has 1 aliphatic heterocycles. The first-order valence-electron chi connectivity index (χ1n) is 11.1. The first-order chi connectivity index (χ1) is 16.0. The highest BCUT2D eigenvalue weighted by molar-refractivity contribution is 5.44. The summed E-state index contributed by atoms with van der Waals surface area (Å²) in [6.45, 7) is 2.24. The summed E-state index contributed by atoms with van der Waals surface area (Å²) in [5, 5.41) is 17.0. The number of ether oxygens (including phenoxy) is 1. The van der Waals surface area contributed by atoms with Gasteiger partial charge in [0.15, 0.2) is 0 Å².